The molecule has 0 radical (unpaired) electrons. The number of hydrogen-bond donors (Lipinski definition) is 2. The maximum atomic E-state index is 5.90. The van der Waals surface area contributed by atoms with Crippen molar-refractivity contribution in [1.82, 2.24) is 10.6 Å². The largest absolute Gasteiger partial charge is 0.493 e. The lowest BCUT2D eigenvalue weighted by Gasteiger charge is -2.14. The number of nitrogens with zero attached hydrogens (tertiary/aromatic N) is 1. The summed E-state index contributed by atoms with van der Waals surface area (Å²) in [4.78, 5) is 4.23. The highest BCUT2D eigenvalue weighted by atomic mass is 35.5. The molecule has 0 bridgehead atoms. The Morgan fingerprint density at radius 1 is 1.08 bits per heavy atom. The van der Waals surface area contributed by atoms with Gasteiger partial charge in [0.2, 0.25) is 0 Å². The van der Waals surface area contributed by atoms with Crippen LogP contribution in [0.2, 0.25) is 5.02 Å². The van der Waals surface area contributed by atoms with Gasteiger partial charge in [-0.3, -0.25) is 4.99 Å². The van der Waals surface area contributed by atoms with Crippen molar-refractivity contribution in [2.75, 3.05) is 20.8 Å². The minimum absolute atomic E-state index is 0.192. The van der Waals surface area contributed by atoms with E-state index in [1.54, 1.807) is 14.2 Å². The molecule has 0 unspecified atom stereocenters. The number of hydrogen-bond acceptors (Lipinski definition) is 3. The summed E-state index contributed by atoms with van der Waals surface area (Å²) in [6, 6.07) is 13.4. The summed E-state index contributed by atoms with van der Waals surface area (Å²) < 4.78 is 10.8. The van der Waals surface area contributed by atoms with E-state index in [2.05, 4.69) is 21.5 Å². The molecule has 0 aliphatic heterocycles. The number of ether oxygens (including phenoxy) is 2. The highest BCUT2D eigenvalue weighted by Gasteiger charge is 2.06. The molecule has 5 nitrogen and oxygen atoms in total. The van der Waals surface area contributed by atoms with E-state index in [1.165, 1.54) is 0 Å². The van der Waals surface area contributed by atoms with Crippen LogP contribution in [0.5, 0.6) is 11.5 Å². The van der Waals surface area contributed by atoms with Crippen LogP contribution in [0.25, 0.3) is 0 Å². The van der Waals surface area contributed by atoms with Gasteiger partial charge in [0.05, 0.1) is 7.11 Å². The van der Waals surface area contributed by atoms with Crippen LogP contribution in [0.1, 0.15) is 11.1 Å². The van der Waals surface area contributed by atoms with Crippen molar-refractivity contribution < 1.29 is 9.47 Å². The second kappa shape index (κ2) is 10.2. The Kier molecular flexibility index (Phi) is 7.66. The Labute approximate surface area is 159 Å². The van der Waals surface area contributed by atoms with Gasteiger partial charge in [-0.25, -0.2) is 0 Å². The fourth-order valence-electron chi connectivity index (χ4n) is 2.26. The zero-order valence-electron chi connectivity index (χ0n) is 14.9. The normalized spacial score (nSPS) is 10.8. The van der Waals surface area contributed by atoms with Gasteiger partial charge in [0.25, 0.3) is 0 Å². The van der Waals surface area contributed by atoms with Crippen molar-refractivity contribution in [3.05, 3.63) is 58.6 Å². The van der Waals surface area contributed by atoms with E-state index in [0.29, 0.717) is 30.5 Å². The first-order chi connectivity index (χ1) is 12.7. The molecular weight excluding hydrogens is 350 g/mol. The van der Waals surface area contributed by atoms with Gasteiger partial charge < -0.3 is 20.1 Å². The number of rotatable bonds is 7. The molecule has 2 aromatic carbocycles. The fourth-order valence-corrected chi connectivity index (χ4v) is 2.38. The lowest BCUT2D eigenvalue weighted by atomic mass is 10.2. The quantitative estimate of drug-likeness (QED) is 0.446. The number of aliphatic imine (C=N–C) groups is 1. The molecule has 2 N–H and O–H groups in total. The summed E-state index contributed by atoms with van der Waals surface area (Å²) in [5.41, 5.74) is 2.14. The second-order valence-electron chi connectivity index (χ2n) is 5.38. The lowest BCUT2D eigenvalue weighted by Crippen LogP contribution is -2.36. The molecule has 0 fully saturated rings. The van der Waals surface area contributed by atoms with Gasteiger partial charge in [-0.15, -0.1) is 6.42 Å². The minimum atomic E-state index is 0.192. The molecular formula is C20H22ClN3O2. The fraction of sp³-hybridized carbons (Fsp3) is 0.250. The van der Waals surface area contributed by atoms with Crippen LogP contribution in [0.3, 0.4) is 0 Å². The molecule has 0 atom stereocenters. The lowest BCUT2D eigenvalue weighted by molar-refractivity contribution is 0.330. The summed E-state index contributed by atoms with van der Waals surface area (Å²) in [6.45, 7) is 1.42. The van der Waals surface area contributed by atoms with Gasteiger partial charge in [0.15, 0.2) is 17.5 Å². The van der Waals surface area contributed by atoms with Crippen LogP contribution >= 0.6 is 11.6 Å². The zero-order valence-corrected chi connectivity index (χ0v) is 15.6. The number of benzene rings is 2. The van der Waals surface area contributed by atoms with Gasteiger partial charge in [-0.2, -0.15) is 0 Å². The van der Waals surface area contributed by atoms with Crippen LogP contribution in [-0.4, -0.2) is 26.7 Å². The summed E-state index contributed by atoms with van der Waals surface area (Å²) in [7, 11) is 3.32. The van der Waals surface area contributed by atoms with Crippen LogP contribution in [0, 0.1) is 12.3 Å². The molecule has 0 saturated carbocycles. The van der Waals surface area contributed by atoms with Crippen molar-refractivity contribution in [2.24, 2.45) is 4.99 Å². The Bertz CT molecular complexity index is 783. The van der Waals surface area contributed by atoms with E-state index in [1.807, 2.05) is 42.5 Å². The standard InChI is InChI=1S/C20H22ClN3O2/c1-4-11-26-19-12-16(7-10-18(19)25-3)14-24-20(22-2)23-13-15-5-8-17(21)9-6-15/h1,5-10,12H,11,13-14H2,2-3H3,(H2,22,23,24). The van der Waals surface area contributed by atoms with E-state index in [0.717, 1.165) is 16.1 Å². The zero-order chi connectivity index (χ0) is 18.8. The first-order valence-electron chi connectivity index (χ1n) is 8.08. The van der Waals surface area contributed by atoms with Crippen molar-refractivity contribution in [1.29, 1.82) is 0 Å². The predicted octanol–water partition coefficient (Wildman–Crippen LogP) is 3.23. The maximum absolute atomic E-state index is 5.90. The Morgan fingerprint density at radius 2 is 1.73 bits per heavy atom. The van der Waals surface area contributed by atoms with Gasteiger partial charge >= 0.3 is 0 Å². The van der Waals surface area contributed by atoms with Crippen LogP contribution in [0.15, 0.2) is 47.5 Å². The van der Waals surface area contributed by atoms with Crippen LogP contribution < -0.4 is 20.1 Å². The number of nitrogens with one attached hydrogen (secondary N) is 2. The molecule has 2 rings (SSSR count). The average molecular weight is 372 g/mol. The number of halogens is 1. The van der Waals surface area contributed by atoms with Gasteiger partial charge in [0.1, 0.15) is 6.61 Å². The maximum Gasteiger partial charge on any atom is 0.191 e. The molecule has 6 heteroatoms. The summed E-state index contributed by atoms with van der Waals surface area (Å²) >= 11 is 5.90. The smallest absolute Gasteiger partial charge is 0.191 e. The molecule has 2 aromatic rings. The molecule has 0 aliphatic rings. The van der Waals surface area contributed by atoms with Crippen molar-refractivity contribution in [3.8, 4) is 23.8 Å². The Morgan fingerprint density at radius 3 is 2.35 bits per heavy atom. The third-order valence-electron chi connectivity index (χ3n) is 3.60. The molecule has 0 aliphatic carbocycles. The molecule has 136 valence electrons. The van der Waals surface area contributed by atoms with Crippen molar-refractivity contribution in [3.63, 3.8) is 0 Å². The third kappa shape index (κ3) is 5.91. The minimum Gasteiger partial charge on any atom is -0.493 e. The highest BCUT2D eigenvalue weighted by Crippen LogP contribution is 2.27. The third-order valence-corrected chi connectivity index (χ3v) is 3.85. The van der Waals surface area contributed by atoms with E-state index in [-0.39, 0.29) is 6.61 Å². The number of methoxy groups -OCH3 is 1. The first kappa shape index (κ1) is 19.5. The summed E-state index contributed by atoms with van der Waals surface area (Å²) in [6.07, 6.45) is 5.25. The molecule has 0 spiro atoms. The predicted molar refractivity (Wildman–Crippen MR) is 106 cm³/mol. The number of guanidine groups is 1. The Balaban J connectivity index is 1.93. The number of terminal acetylenes is 1. The Hall–Kier alpha value is -2.84. The first-order valence-corrected chi connectivity index (χ1v) is 8.46. The second-order valence-corrected chi connectivity index (χ2v) is 5.82. The van der Waals surface area contributed by atoms with Crippen molar-refractivity contribution >= 4 is 17.6 Å². The monoisotopic (exact) mass is 371 g/mol. The van der Waals surface area contributed by atoms with E-state index >= 15 is 0 Å². The summed E-state index contributed by atoms with van der Waals surface area (Å²) in [5.74, 6) is 4.41. The SMILES string of the molecule is C#CCOc1cc(CNC(=NC)NCc2ccc(Cl)cc2)ccc1OC. The topological polar surface area (TPSA) is 54.9 Å². The summed E-state index contributed by atoms with van der Waals surface area (Å²) in [5, 5.41) is 7.25. The molecule has 26 heavy (non-hydrogen) atoms. The van der Waals surface area contributed by atoms with Crippen molar-refractivity contribution in [2.45, 2.75) is 13.1 Å². The van der Waals surface area contributed by atoms with Crippen LogP contribution in [-0.2, 0) is 13.1 Å². The van der Waals surface area contributed by atoms with E-state index in [4.69, 9.17) is 27.5 Å². The highest BCUT2D eigenvalue weighted by molar-refractivity contribution is 6.30. The van der Waals surface area contributed by atoms with Gasteiger partial charge in [0, 0.05) is 25.2 Å². The van der Waals surface area contributed by atoms with Gasteiger partial charge in [-0.1, -0.05) is 35.7 Å². The van der Waals surface area contributed by atoms with Gasteiger partial charge in [-0.05, 0) is 35.4 Å². The van der Waals surface area contributed by atoms with Crippen LogP contribution in [0.4, 0.5) is 0 Å². The van der Waals surface area contributed by atoms with E-state index in [9.17, 15) is 0 Å². The molecule has 0 aromatic heterocycles. The molecule has 0 saturated heterocycles. The molecule has 0 amide bonds. The average Bonchev–Trinajstić information content (AvgIpc) is 2.67. The molecule has 0 heterocycles. The van der Waals surface area contributed by atoms with E-state index < -0.39 is 0 Å².